The summed E-state index contributed by atoms with van der Waals surface area (Å²) in [5, 5.41) is 2.60. The molecule has 0 fully saturated rings. The van der Waals surface area contributed by atoms with E-state index in [9.17, 15) is 9.59 Å². The molecule has 0 saturated heterocycles. The number of pyridine rings is 1. The maximum atomic E-state index is 11.6. The van der Waals surface area contributed by atoms with Gasteiger partial charge in [0.1, 0.15) is 0 Å². The van der Waals surface area contributed by atoms with E-state index in [0.717, 1.165) is 12.8 Å². The second-order valence-electron chi connectivity index (χ2n) is 3.55. The minimum Gasteiger partial charge on any atom is -0.349 e. The number of ketones is 1. The highest BCUT2D eigenvalue weighted by atomic mass is 16.2. The number of amides is 1. The molecule has 86 valence electrons. The highest BCUT2D eigenvalue weighted by Crippen LogP contribution is 1.97. The van der Waals surface area contributed by atoms with Gasteiger partial charge in [-0.25, -0.2) is 0 Å². The second kappa shape index (κ2) is 6.71. The Hall–Kier alpha value is -1.71. The highest BCUT2D eigenvalue weighted by Gasteiger charge is 2.07. The minimum atomic E-state index is -0.113. The Bertz CT molecular complexity index is 349. The predicted octanol–water partition coefficient (Wildman–Crippen LogP) is 1.57. The summed E-state index contributed by atoms with van der Waals surface area (Å²) >= 11 is 0. The molecule has 1 N–H and O–H groups in total. The molecule has 1 amide bonds. The summed E-state index contributed by atoms with van der Waals surface area (Å²) in [5.74, 6) is -0.183. The standard InChI is InChI=1S/C12H16N2O2/c1-2-3-6-12(16)14-9-11(15)10-5-4-7-13-8-10/h4-5,7-8H,2-3,6,9H2,1H3,(H,14,16). The van der Waals surface area contributed by atoms with Gasteiger partial charge in [0.15, 0.2) is 5.78 Å². The first-order valence-corrected chi connectivity index (χ1v) is 5.44. The molecule has 0 saturated carbocycles. The summed E-state index contributed by atoms with van der Waals surface area (Å²) in [6, 6.07) is 3.39. The zero-order valence-corrected chi connectivity index (χ0v) is 9.40. The van der Waals surface area contributed by atoms with E-state index in [1.807, 2.05) is 6.92 Å². The summed E-state index contributed by atoms with van der Waals surface area (Å²) in [6.07, 6.45) is 5.42. The fourth-order valence-electron chi connectivity index (χ4n) is 1.23. The van der Waals surface area contributed by atoms with Crippen molar-refractivity contribution in [2.45, 2.75) is 26.2 Å². The minimum absolute atomic E-state index is 0.0498. The number of hydrogen-bond acceptors (Lipinski definition) is 3. The molecule has 0 atom stereocenters. The normalized spacial score (nSPS) is 9.81. The lowest BCUT2D eigenvalue weighted by molar-refractivity contribution is -0.121. The molecule has 0 spiro atoms. The van der Waals surface area contributed by atoms with Crippen LogP contribution in [-0.4, -0.2) is 23.2 Å². The Labute approximate surface area is 95.1 Å². The first-order valence-electron chi connectivity index (χ1n) is 5.44. The van der Waals surface area contributed by atoms with Gasteiger partial charge in [-0.05, 0) is 18.6 Å². The third kappa shape index (κ3) is 4.21. The highest BCUT2D eigenvalue weighted by molar-refractivity contribution is 5.99. The van der Waals surface area contributed by atoms with Gasteiger partial charge in [0, 0.05) is 24.4 Å². The fraction of sp³-hybridized carbons (Fsp3) is 0.417. The van der Waals surface area contributed by atoms with Gasteiger partial charge in [0.05, 0.1) is 6.54 Å². The van der Waals surface area contributed by atoms with Crippen LogP contribution in [-0.2, 0) is 4.79 Å². The molecule has 0 aliphatic carbocycles. The van der Waals surface area contributed by atoms with Gasteiger partial charge in [-0.2, -0.15) is 0 Å². The number of Topliss-reactive ketones (excluding diaryl/α,β-unsaturated/α-hetero) is 1. The van der Waals surface area contributed by atoms with Gasteiger partial charge in [-0.15, -0.1) is 0 Å². The fourth-order valence-corrected chi connectivity index (χ4v) is 1.23. The van der Waals surface area contributed by atoms with Crippen LogP contribution in [0.3, 0.4) is 0 Å². The molecular weight excluding hydrogens is 204 g/mol. The Balaban J connectivity index is 2.33. The molecule has 0 aliphatic heterocycles. The van der Waals surface area contributed by atoms with Crippen LogP contribution < -0.4 is 5.32 Å². The van der Waals surface area contributed by atoms with E-state index >= 15 is 0 Å². The van der Waals surface area contributed by atoms with Gasteiger partial charge < -0.3 is 5.32 Å². The molecule has 0 unspecified atom stereocenters. The van der Waals surface area contributed by atoms with Crippen molar-refractivity contribution in [3.05, 3.63) is 30.1 Å². The van der Waals surface area contributed by atoms with E-state index in [1.54, 1.807) is 18.3 Å². The van der Waals surface area contributed by atoms with Crippen molar-refractivity contribution in [2.24, 2.45) is 0 Å². The molecule has 4 heteroatoms. The van der Waals surface area contributed by atoms with Crippen molar-refractivity contribution < 1.29 is 9.59 Å². The molecule has 16 heavy (non-hydrogen) atoms. The van der Waals surface area contributed by atoms with Crippen molar-refractivity contribution >= 4 is 11.7 Å². The van der Waals surface area contributed by atoms with Crippen LogP contribution in [0.1, 0.15) is 36.5 Å². The van der Waals surface area contributed by atoms with E-state index in [-0.39, 0.29) is 18.2 Å². The number of unbranched alkanes of at least 4 members (excludes halogenated alkanes) is 1. The lowest BCUT2D eigenvalue weighted by Gasteiger charge is -2.03. The molecule has 1 heterocycles. The second-order valence-corrected chi connectivity index (χ2v) is 3.55. The SMILES string of the molecule is CCCCC(=O)NCC(=O)c1cccnc1. The van der Waals surface area contributed by atoms with Crippen LogP contribution in [0.5, 0.6) is 0 Å². The van der Waals surface area contributed by atoms with E-state index in [4.69, 9.17) is 0 Å². The van der Waals surface area contributed by atoms with Gasteiger partial charge >= 0.3 is 0 Å². The number of aromatic nitrogens is 1. The van der Waals surface area contributed by atoms with Crippen LogP contribution >= 0.6 is 0 Å². The van der Waals surface area contributed by atoms with Crippen LogP contribution in [0.15, 0.2) is 24.5 Å². The van der Waals surface area contributed by atoms with Crippen LogP contribution in [0, 0.1) is 0 Å². The summed E-state index contributed by atoms with van der Waals surface area (Å²) in [6.45, 7) is 2.07. The van der Waals surface area contributed by atoms with Crippen LogP contribution in [0.4, 0.5) is 0 Å². The smallest absolute Gasteiger partial charge is 0.220 e. The summed E-state index contributed by atoms with van der Waals surface area (Å²) in [5.41, 5.74) is 0.526. The Kier molecular flexibility index (Phi) is 5.19. The van der Waals surface area contributed by atoms with E-state index < -0.39 is 0 Å². The molecule has 1 rings (SSSR count). The van der Waals surface area contributed by atoms with E-state index in [1.165, 1.54) is 6.20 Å². The predicted molar refractivity (Wildman–Crippen MR) is 61.1 cm³/mol. The van der Waals surface area contributed by atoms with Crippen molar-refractivity contribution in [1.29, 1.82) is 0 Å². The monoisotopic (exact) mass is 220 g/mol. The van der Waals surface area contributed by atoms with Gasteiger partial charge in [-0.3, -0.25) is 14.6 Å². The molecule has 1 aromatic heterocycles. The van der Waals surface area contributed by atoms with Crippen molar-refractivity contribution in [3.8, 4) is 0 Å². The maximum Gasteiger partial charge on any atom is 0.220 e. The lowest BCUT2D eigenvalue weighted by Crippen LogP contribution is -2.29. The largest absolute Gasteiger partial charge is 0.349 e. The third-order valence-corrected chi connectivity index (χ3v) is 2.19. The van der Waals surface area contributed by atoms with Crippen LogP contribution in [0.2, 0.25) is 0 Å². The number of nitrogens with zero attached hydrogens (tertiary/aromatic N) is 1. The zero-order valence-electron chi connectivity index (χ0n) is 9.40. The third-order valence-electron chi connectivity index (χ3n) is 2.19. The van der Waals surface area contributed by atoms with E-state index in [2.05, 4.69) is 10.3 Å². The van der Waals surface area contributed by atoms with Crippen molar-refractivity contribution in [3.63, 3.8) is 0 Å². The quantitative estimate of drug-likeness (QED) is 0.740. The maximum absolute atomic E-state index is 11.6. The van der Waals surface area contributed by atoms with E-state index in [0.29, 0.717) is 12.0 Å². The summed E-state index contributed by atoms with van der Waals surface area (Å²) in [7, 11) is 0. The Morgan fingerprint density at radius 2 is 2.25 bits per heavy atom. The molecule has 0 bridgehead atoms. The Morgan fingerprint density at radius 1 is 1.44 bits per heavy atom. The summed E-state index contributed by atoms with van der Waals surface area (Å²) < 4.78 is 0. The average molecular weight is 220 g/mol. The molecular formula is C12H16N2O2. The molecule has 1 aromatic rings. The lowest BCUT2D eigenvalue weighted by atomic mass is 10.2. The van der Waals surface area contributed by atoms with Crippen LogP contribution in [0.25, 0.3) is 0 Å². The van der Waals surface area contributed by atoms with Gasteiger partial charge in [0.2, 0.25) is 5.91 Å². The number of carbonyl (C=O) groups is 2. The molecule has 0 aliphatic rings. The first-order chi connectivity index (χ1) is 7.74. The van der Waals surface area contributed by atoms with Crippen molar-refractivity contribution in [2.75, 3.05) is 6.54 Å². The Morgan fingerprint density at radius 3 is 2.88 bits per heavy atom. The molecule has 0 aromatic carbocycles. The molecule has 0 radical (unpaired) electrons. The number of rotatable bonds is 6. The van der Waals surface area contributed by atoms with Crippen molar-refractivity contribution in [1.82, 2.24) is 10.3 Å². The number of hydrogen-bond donors (Lipinski definition) is 1. The average Bonchev–Trinajstić information content (AvgIpc) is 2.34. The molecule has 4 nitrogen and oxygen atoms in total. The zero-order chi connectivity index (χ0) is 11.8. The topological polar surface area (TPSA) is 59.1 Å². The van der Waals surface area contributed by atoms with Gasteiger partial charge in [-0.1, -0.05) is 13.3 Å². The number of nitrogens with one attached hydrogen (secondary N) is 1. The summed E-state index contributed by atoms with van der Waals surface area (Å²) in [4.78, 5) is 26.7. The number of carbonyl (C=O) groups excluding carboxylic acids is 2. The van der Waals surface area contributed by atoms with Gasteiger partial charge in [0.25, 0.3) is 0 Å². The first kappa shape index (κ1) is 12.4.